The van der Waals surface area contributed by atoms with E-state index >= 15 is 0 Å². The number of benzene rings is 1. The average Bonchev–Trinajstić information content (AvgIpc) is 2.78. The molecule has 1 fully saturated rings. The summed E-state index contributed by atoms with van der Waals surface area (Å²) in [6.45, 7) is 0.614. The standard InChI is InChI=1S/C13H12FNO3/c14-11-5-9(6-12(16)17)1-2-10(11)13(7-15)3-4-18-8-13/h1-2,5H,3-4,6,8H2,(H,16,17). The van der Waals surface area contributed by atoms with Crippen LogP contribution in [-0.2, 0) is 21.4 Å². The lowest BCUT2D eigenvalue weighted by Gasteiger charge is -2.19. The van der Waals surface area contributed by atoms with E-state index in [0.717, 1.165) is 0 Å². The van der Waals surface area contributed by atoms with Crippen LogP contribution in [0.3, 0.4) is 0 Å². The molecule has 1 unspecified atom stereocenters. The molecule has 0 bridgehead atoms. The summed E-state index contributed by atoms with van der Waals surface area (Å²) in [7, 11) is 0. The van der Waals surface area contributed by atoms with Gasteiger partial charge in [0.05, 0.1) is 19.1 Å². The third-order valence-corrected chi connectivity index (χ3v) is 3.14. The lowest BCUT2D eigenvalue weighted by molar-refractivity contribution is -0.136. The first kappa shape index (κ1) is 12.5. The molecule has 0 radical (unpaired) electrons. The number of rotatable bonds is 3. The Balaban J connectivity index is 2.35. The number of halogens is 1. The van der Waals surface area contributed by atoms with Crippen molar-refractivity contribution in [2.75, 3.05) is 13.2 Å². The fourth-order valence-electron chi connectivity index (χ4n) is 2.16. The van der Waals surface area contributed by atoms with Crippen molar-refractivity contribution in [1.82, 2.24) is 0 Å². The SMILES string of the molecule is N#CC1(c2ccc(CC(=O)O)cc2F)CCOC1. The molecule has 4 nitrogen and oxygen atoms in total. The van der Waals surface area contributed by atoms with E-state index in [1.54, 1.807) is 6.07 Å². The van der Waals surface area contributed by atoms with Gasteiger partial charge < -0.3 is 9.84 Å². The summed E-state index contributed by atoms with van der Waals surface area (Å²) in [5.74, 6) is -1.55. The fraction of sp³-hybridized carbons (Fsp3) is 0.385. The summed E-state index contributed by atoms with van der Waals surface area (Å²) >= 11 is 0. The van der Waals surface area contributed by atoms with Crippen LogP contribution in [0.4, 0.5) is 4.39 Å². The second-order valence-corrected chi connectivity index (χ2v) is 4.38. The molecule has 0 spiro atoms. The third-order valence-electron chi connectivity index (χ3n) is 3.14. The Morgan fingerprint density at radius 1 is 1.61 bits per heavy atom. The van der Waals surface area contributed by atoms with Gasteiger partial charge in [-0.05, 0) is 18.1 Å². The number of hydrogen-bond donors (Lipinski definition) is 1. The van der Waals surface area contributed by atoms with Gasteiger partial charge >= 0.3 is 5.97 Å². The molecule has 1 atom stereocenters. The summed E-state index contributed by atoms with van der Waals surface area (Å²) < 4.78 is 19.2. The van der Waals surface area contributed by atoms with E-state index in [2.05, 4.69) is 6.07 Å². The maximum absolute atomic E-state index is 14.0. The monoisotopic (exact) mass is 249 g/mol. The highest BCUT2D eigenvalue weighted by molar-refractivity contribution is 5.70. The van der Waals surface area contributed by atoms with Crippen molar-refractivity contribution >= 4 is 5.97 Å². The van der Waals surface area contributed by atoms with Gasteiger partial charge in [-0.3, -0.25) is 4.79 Å². The second kappa shape index (κ2) is 4.75. The molecule has 1 aromatic carbocycles. The number of ether oxygens (including phenoxy) is 1. The maximum atomic E-state index is 14.0. The lowest BCUT2D eigenvalue weighted by atomic mass is 9.80. The fourth-order valence-corrected chi connectivity index (χ4v) is 2.16. The highest BCUT2D eigenvalue weighted by atomic mass is 19.1. The quantitative estimate of drug-likeness (QED) is 0.883. The first-order valence-corrected chi connectivity index (χ1v) is 5.57. The molecule has 5 heteroatoms. The zero-order valence-electron chi connectivity index (χ0n) is 9.65. The number of nitriles is 1. The number of nitrogens with zero attached hydrogens (tertiary/aromatic N) is 1. The van der Waals surface area contributed by atoms with Crippen molar-refractivity contribution in [3.05, 3.63) is 35.1 Å². The highest BCUT2D eigenvalue weighted by Gasteiger charge is 2.39. The second-order valence-electron chi connectivity index (χ2n) is 4.38. The lowest BCUT2D eigenvalue weighted by Crippen LogP contribution is -2.25. The van der Waals surface area contributed by atoms with Gasteiger partial charge in [0.1, 0.15) is 11.2 Å². The number of carbonyl (C=O) groups is 1. The van der Waals surface area contributed by atoms with E-state index in [1.807, 2.05) is 0 Å². The van der Waals surface area contributed by atoms with Gasteiger partial charge in [-0.25, -0.2) is 4.39 Å². The largest absolute Gasteiger partial charge is 0.481 e. The summed E-state index contributed by atoms with van der Waals surface area (Å²) in [5.41, 5.74) is -0.265. The van der Waals surface area contributed by atoms with Crippen molar-refractivity contribution in [2.24, 2.45) is 0 Å². The maximum Gasteiger partial charge on any atom is 0.307 e. The van der Waals surface area contributed by atoms with Gasteiger partial charge in [-0.1, -0.05) is 12.1 Å². The Morgan fingerprint density at radius 3 is 2.89 bits per heavy atom. The Labute approximate surface area is 104 Å². The summed E-state index contributed by atoms with van der Waals surface area (Å²) in [6, 6.07) is 6.33. The molecule has 1 N–H and O–H groups in total. The summed E-state index contributed by atoms with van der Waals surface area (Å²) in [4.78, 5) is 10.5. The molecule has 94 valence electrons. The first-order valence-electron chi connectivity index (χ1n) is 5.57. The number of carboxylic acid groups (broad SMARTS) is 1. The number of aliphatic carboxylic acids is 1. The molecule has 18 heavy (non-hydrogen) atoms. The number of carboxylic acids is 1. The molecule has 1 aliphatic rings. The minimum atomic E-state index is -1.01. The average molecular weight is 249 g/mol. The van der Waals surface area contributed by atoms with E-state index in [4.69, 9.17) is 9.84 Å². The van der Waals surface area contributed by atoms with Crippen LogP contribution in [0.5, 0.6) is 0 Å². The molecule has 0 aliphatic carbocycles. The van der Waals surface area contributed by atoms with Gasteiger partial charge in [0.25, 0.3) is 0 Å². The molecule has 1 heterocycles. The molecular weight excluding hydrogens is 237 g/mol. The molecular formula is C13H12FNO3. The Hall–Kier alpha value is -1.93. The minimum absolute atomic E-state index is 0.179. The van der Waals surface area contributed by atoms with Crippen molar-refractivity contribution in [3.63, 3.8) is 0 Å². The van der Waals surface area contributed by atoms with E-state index in [-0.39, 0.29) is 18.6 Å². The Kier molecular flexibility index (Phi) is 3.30. The van der Waals surface area contributed by atoms with Gasteiger partial charge in [0, 0.05) is 12.2 Å². The molecule has 1 aromatic rings. The van der Waals surface area contributed by atoms with Crippen LogP contribution < -0.4 is 0 Å². The molecule has 0 saturated carbocycles. The van der Waals surface area contributed by atoms with E-state index < -0.39 is 17.2 Å². The van der Waals surface area contributed by atoms with Gasteiger partial charge in [0.2, 0.25) is 0 Å². The molecule has 0 aromatic heterocycles. The topological polar surface area (TPSA) is 70.3 Å². The van der Waals surface area contributed by atoms with Crippen LogP contribution in [0.15, 0.2) is 18.2 Å². The van der Waals surface area contributed by atoms with Crippen molar-refractivity contribution < 1.29 is 19.0 Å². The van der Waals surface area contributed by atoms with Crippen LogP contribution in [0, 0.1) is 17.1 Å². The van der Waals surface area contributed by atoms with Crippen LogP contribution in [0.2, 0.25) is 0 Å². The zero-order valence-corrected chi connectivity index (χ0v) is 9.65. The third kappa shape index (κ3) is 2.20. The summed E-state index contributed by atoms with van der Waals surface area (Å²) in [6.07, 6.45) is 0.228. The highest BCUT2D eigenvalue weighted by Crippen LogP contribution is 2.34. The van der Waals surface area contributed by atoms with Crippen LogP contribution in [0.1, 0.15) is 17.5 Å². The van der Waals surface area contributed by atoms with E-state index in [0.29, 0.717) is 18.6 Å². The van der Waals surface area contributed by atoms with Gasteiger partial charge in [-0.15, -0.1) is 0 Å². The van der Waals surface area contributed by atoms with Gasteiger partial charge in [-0.2, -0.15) is 5.26 Å². The zero-order chi connectivity index (χ0) is 13.2. The van der Waals surface area contributed by atoms with E-state index in [9.17, 15) is 14.4 Å². The molecule has 1 aliphatic heterocycles. The Bertz CT molecular complexity index is 515. The van der Waals surface area contributed by atoms with Crippen molar-refractivity contribution in [3.8, 4) is 6.07 Å². The molecule has 2 rings (SSSR count). The minimum Gasteiger partial charge on any atom is -0.481 e. The van der Waals surface area contributed by atoms with Crippen LogP contribution >= 0.6 is 0 Å². The predicted molar refractivity (Wildman–Crippen MR) is 60.5 cm³/mol. The number of hydrogen-bond acceptors (Lipinski definition) is 3. The summed E-state index contributed by atoms with van der Waals surface area (Å²) in [5, 5.41) is 17.9. The van der Waals surface area contributed by atoms with Crippen LogP contribution in [-0.4, -0.2) is 24.3 Å². The van der Waals surface area contributed by atoms with E-state index in [1.165, 1.54) is 12.1 Å². The smallest absolute Gasteiger partial charge is 0.307 e. The predicted octanol–water partition coefficient (Wildman–Crippen LogP) is 1.63. The first-order chi connectivity index (χ1) is 8.57. The van der Waals surface area contributed by atoms with Crippen molar-refractivity contribution in [1.29, 1.82) is 5.26 Å². The Morgan fingerprint density at radius 2 is 2.39 bits per heavy atom. The van der Waals surface area contributed by atoms with Crippen molar-refractivity contribution in [2.45, 2.75) is 18.3 Å². The van der Waals surface area contributed by atoms with Crippen LogP contribution in [0.25, 0.3) is 0 Å². The normalized spacial score (nSPS) is 22.7. The molecule has 0 amide bonds. The van der Waals surface area contributed by atoms with Gasteiger partial charge in [0.15, 0.2) is 0 Å². The molecule has 1 saturated heterocycles.